The molecule has 6 nitrogen and oxygen atoms in total. The first-order valence-electron chi connectivity index (χ1n) is 9.30. The lowest BCUT2D eigenvalue weighted by Crippen LogP contribution is -2.24. The maximum absolute atomic E-state index is 12.5. The van der Waals surface area contributed by atoms with Crippen molar-refractivity contribution in [1.82, 2.24) is 5.43 Å². The van der Waals surface area contributed by atoms with E-state index in [1.165, 1.54) is 6.21 Å². The predicted molar refractivity (Wildman–Crippen MR) is 131 cm³/mol. The SMILES string of the molecule is Cc1cc(OCC(=O)NN=Cc2cc(Br)cc(Br)c2OC(=O)c2ccccc2)ccc1Cl. The molecule has 0 saturated carbocycles. The smallest absolute Gasteiger partial charge is 0.343 e. The summed E-state index contributed by atoms with van der Waals surface area (Å²) in [6, 6.07) is 17.2. The molecule has 0 atom stereocenters. The van der Waals surface area contributed by atoms with Crippen LogP contribution < -0.4 is 14.9 Å². The van der Waals surface area contributed by atoms with Crippen LogP contribution in [-0.2, 0) is 4.79 Å². The second-order valence-corrected chi connectivity index (χ2v) is 8.73. The highest BCUT2D eigenvalue weighted by Crippen LogP contribution is 2.32. The molecule has 1 amide bonds. The second kappa shape index (κ2) is 11.3. The van der Waals surface area contributed by atoms with Crippen LogP contribution in [0.25, 0.3) is 0 Å². The third-order valence-electron chi connectivity index (χ3n) is 4.13. The molecule has 3 aromatic carbocycles. The van der Waals surface area contributed by atoms with E-state index in [1.54, 1.807) is 54.6 Å². The average molecular weight is 581 g/mol. The molecule has 0 radical (unpaired) electrons. The van der Waals surface area contributed by atoms with Crippen LogP contribution in [0.5, 0.6) is 11.5 Å². The van der Waals surface area contributed by atoms with Crippen LogP contribution in [0.2, 0.25) is 5.02 Å². The summed E-state index contributed by atoms with van der Waals surface area (Å²) in [4.78, 5) is 24.5. The third-order valence-corrected chi connectivity index (χ3v) is 5.60. The minimum absolute atomic E-state index is 0.226. The Bertz CT molecular complexity index is 1170. The second-order valence-electron chi connectivity index (χ2n) is 6.55. The number of carbonyl (C=O) groups is 2. The van der Waals surface area contributed by atoms with Crippen LogP contribution in [0.1, 0.15) is 21.5 Å². The number of carbonyl (C=O) groups excluding carboxylic acids is 2. The Kier molecular flexibility index (Phi) is 8.44. The minimum atomic E-state index is -0.515. The Hall–Kier alpha value is -2.68. The Balaban J connectivity index is 1.66. The van der Waals surface area contributed by atoms with Crippen LogP contribution in [-0.4, -0.2) is 24.7 Å². The van der Waals surface area contributed by atoms with E-state index in [-0.39, 0.29) is 12.4 Å². The van der Waals surface area contributed by atoms with Crippen LogP contribution in [0.3, 0.4) is 0 Å². The van der Waals surface area contributed by atoms with E-state index in [9.17, 15) is 9.59 Å². The minimum Gasteiger partial charge on any atom is -0.484 e. The molecule has 0 aromatic heterocycles. The number of rotatable bonds is 7. The van der Waals surface area contributed by atoms with Crippen LogP contribution in [0.4, 0.5) is 0 Å². The summed E-state index contributed by atoms with van der Waals surface area (Å²) in [7, 11) is 0. The highest BCUT2D eigenvalue weighted by Gasteiger charge is 2.15. The molecule has 3 rings (SSSR count). The Labute approximate surface area is 206 Å². The lowest BCUT2D eigenvalue weighted by atomic mass is 10.2. The van der Waals surface area contributed by atoms with Crippen molar-refractivity contribution in [2.24, 2.45) is 5.10 Å². The van der Waals surface area contributed by atoms with Gasteiger partial charge in [-0.1, -0.05) is 45.7 Å². The molecule has 0 aliphatic rings. The zero-order chi connectivity index (χ0) is 23.1. The fraction of sp³-hybridized carbons (Fsp3) is 0.0870. The van der Waals surface area contributed by atoms with Crippen molar-refractivity contribution in [3.8, 4) is 11.5 Å². The third kappa shape index (κ3) is 6.66. The van der Waals surface area contributed by atoms with E-state index in [1.807, 2.05) is 13.0 Å². The number of nitrogens with zero attached hydrogens (tertiary/aromatic N) is 1. The summed E-state index contributed by atoms with van der Waals surface area (Å²) in [6.07, 6.45) is 1.38. The number of hydrogen-bond donors (Lipinski definition) is 1. The zero-order valence-electron chi connectivity index (χ0n) is 16.8. The molecule has 0 spiro atoms. The number of halogens is 3. The van der Waals surface area contributed by atoms with Gasteiger partial charge in [-0.05, 0) is 70.9 Å². The topological polar surface area (TPSA) is 77.0 Å². The van der Waals surface area contributed by atoms with Crippen LogP contribution in [0, 0.1) is 6.92 Å². The average Bonchev–Trinajstić information content (AvgIpc) is 2.77. The molecule has 3 aromatic rings. The number of nitrogens with one attached hydrogen (secondary N) is 1. The van der Waals surface area contributed by atoms with Gasteiger partial charge in [-0.2, -0.15) is 5.10 Å². The quantitative estimate of drug-likeness (QED) is 0.163. The molecule has 0 heterocycles. The van der Waals surface area contributed by atoms with Crippen LogP contribution >= 0.6 is 43.5 Å². The first kappa shape index (κ1) is 24.0. The van der Waals surface area contributed by atoms with Crippen molar-refractivity contribution < 1.29 is 19.1 Å². The Morgan fingerprint density at radius 3 is 2.56 bits per heavy atom. The van der Waals surface area contributed by atoms with Gasteiger partial charge in [-0.15, -0.1) is 0 Å². The molecule has 32 heavy (non-hydrogen) atoms. The van der Waals surface area contributed by atoms with Gasteiger partial charge in [0.25, 0.3) is 5.91 Å². The number of benzene rings is 3. The summed E-state index contributed by atoms with van der Waals surface area (Å²) in [5.74, 6) is -0.172. The van der Waals surface area contributed by atoms with Gasteiger partial charge < -0.3 is 9.47 Å². The first-order valence-corrected chi connectivity index (χ1v) is 11.3. The van der Waals surface area contributed by atoms with Crippen molar-refractivity contribution in [1.29, 1.82) is 0 Å². The number of amides is 1. The summed E-state index contributed by atoms with van der Waals surface area (Å²) in [5, 5.41) is 4.57. The summed E-state index contributed by atoms with van der Waals surface area (Å²) in [6.45, 7) is 1.62. The largest absolute Gasteiger partial charge is 0.484 e. The van der Waals surface area contributed by atoms with Gasteiger partial charge in [-0.3, -0.25) is 4.79 Å². The Morgan fingerprint density at radius 2 is 1.84 bits per heavy atom. The number of esters is 1. The standard InChI is InChI=1S/C23H17Br2ClN2O4/c1-14-9-18(7-8-20(14)26)31-13-21(29)28-27-12-16-10-17(24)11-19(25)22(16)32-23(30)15-5-3-2-4-6-15/h2-12H,13H2,1H3,(H,28,29). The highest BCUT2D eigenvalue weighted by atomic mass is 79.9. The normalized spacial score (nSPS) is 10.8. The first-order chi connectivity index (χ1) is 15.3. The van der Waals surface area contributed by atoms with Crippen molar-refractivity contribution in [2.45, 2.75) is 6.92 Å². The van der Waals surface area contributed by atoms with Gasteiger partial charge in [0.15, 0.2) is 12.4 Å². The maximum Gasteiger partial charge on any atom is 0.343 e. The number of hydrazone groups is 1. The van der Waals surface area contributed by atoms with E-state index in [0.29, 0.717) is 26.4 Å². The fourth-order valence-corrected chi connectivity index (χ4v) is 4.03. The number of ether oxygens (including phenoxy) is 2. The van der Waals surface area contributed by atoms with Crippen molar-refractivity contribution >= 4 is 61.6 Å². The molecular formula is C23H17Br2ClN2O4. The predicted octanol–water partition coefficient (Wildman–Crippen LogP) is 5.92. The molecule has 9 heteroatoms. The van der Waals surface area contributed by atoms with Crippen molar-refractivity contribution in [2.75, 3.05) is 6.61 Å². The summed E-state index contributed by atoms with van der Waals surface area (Å²) < 4.78 is 12.3. The van der Waals surface area contributed by atoms with Crippen molar-refractivity contribution in [3.63, 3.8) is 0 Å². The molecule has 0 aliphatic carbocycles. The van der Waals surface area contributed by atoms with Gasteiger partial charge in [-0.25, -0.2) is 10.2 Å². The van der Waals surface area contributed by atoms with Gasteiger partial charge in [0.2, 0.25) is 0 Å². The molecule has 0 aliphatic heterocycles. The van der Waals surface area contributed by atoms with Gasteiger partial charge >= 0.3 is 5.97 Å². The molecule has 164 valence electrons. The van der Waals surface area contributed by atoms with Crippen molar-refractivity contribution in [3.05, 3.63) is 91.3 Å². The van der Waals surface area contributed by atoms with E-state index >= 15 is 0 Å². The van der Waals surface area contributed by atoms with E-state index in [4.69, 9.17) is 21.1 Å². The van der Waals surface area contributed by atoms with Gasteiger partial charge in [0, 0.05) is 15.1 Å². The molecular weight excluding hydrogens is 564 g/mol. The number of aryl methyl sites for hydroxylation is 1. The lowest BCUT2D eigenvalue weighted by Gasteiger charge is -2.10. The fourth-order valence-electron chi connectivity index (χ4n) is 2.57. The van der Waals surface area contributed by atoms with Gasteiger partial charge in [0.1, 0.15) is 5.75 Å². The van der Waals surface area contributed by atoms with Gasteiger partial charge in [0.05, 0.1) is 16.3 Å². The molecule has 0 saturated heterocycles. The zero-order valence-corrected chi connectivity index (χ0v) is 20.7. The maximum atomic E-state index is 12.5. The Morgan fingerprint density at radius 1 is 1.09 bits per heavy atom. The molecule has 0 fully saturated rings. The molecule has 0 unspecified atom stereocenters. The summed E-state index contributed by atoms with van der Waals surface area (Å²) in [5.41, 5.74) is 4.12. The lowest BCUT2D eigenvalue weighted by molar-refractivity contribution is -0.123. The van der Waals surface area contributed by atoms with E-state index < -0.39 is 11.9 Å². The molecule has 1 N–H and O–H groups in total. The summed E-state index contributed by atoms with van der Waals surface area (Å²) >= 11 is 12.8. The van der Waals surface area contributed by atoms with E-state index in [2.05, 4.69) is 42.4 Å². The number of hydrogen-bond acceptors (Lipinski definition) is 5. The monoisotopic (exact) mass is 578 g/mol. The van der Waals surface area contributed by atoms with Crippen LogP contribution in [0.15, 0.2) is 74.7 Å². The molecule has 0 bridgehead atoms. The highest BCUT2D eigenvalue weighted by molar-refractivity contribution is 9.11. The van der Waals surface area contributed by atoms with E-state index in [0.717, 1.165) is 10.0 Å².